The summed E-state index contributed by atoms with van der Waals surface area (Å²) in [6, 6.07) is 0.361. The Morgan fingerprint density at radius 1 is 1.47 bits per heavy atom. The molecule has 0 saturated heterocycles. The van der Waals surface area contributed by atoms with Gasteiger partial charge in [-0.15, -0.1) is 0 Å². The molecule has 0 saturated carbocycles. The summed E-state index contributed by atoms with van der Waals surface area (Å²) >= 11 is 0. The first kappa shape index (κ1) is 11.9. The van der Waals surface area contributed by atoms with Crippen LogP contribution in [0.3, 0.4) is 0 Å². The largest absolute Gasteiger partial charge is 0.376 e. The molecule has 0 spiro atoms. The maximum Gasteiger partial charge on any atom is 0.142 e. The predicted octanol–water partition coefficient (Wildman–Crippen LogP) is 0.897. The average molecular weight is 232 g/mol. The van der Waals surface area contributed by atoms with Crippen LogP contribution in [-0.2, 0) is 0 Å². The van der Waals surface area contributed by atoms with E-state index in [0.717, 1.165) is 18.1 Å². The van der Waals surface area contributed by atoms with Crippen LogP contribution in [0.1, 0.15) is 13.8 Å². The quantitative estimate of drug-likeness (QED) is 0.675. The highest BCUT2D eigenvalue weighted by Crippen LogP contribution is 2.09. The van der Waals surface area contributed by atoms with Gasteiger partial charge < -0.3 is 16.4 Å². The van der Waals surface area contributed by atoms with Crippen molar-refractivity contribution in [3.63, 3.8) is 0 Å². The molecular weight excluding hydrogens is 212 g/mol. The summed E-state index contributed by atoms with van der Waals surface area (Å²) in [6.07, 6.45) is 10.0. The van der Waals surface area contributed by atoms with E-state index < -0.39 is 0 Å². The summed E-state index contributed by atoms with van der Waals surface area (Å²) in [6.45, 7) is 4.99. The molecule has 2 unspecified atom stereocenters. The molecule has 2 aliphatic rings. The standard InChI is InChI=1S/C13H20N4/c1-9(2)10(14)7-16-13-8-15-11-5-3-4-6-12(11)17-13/h3-6,8-11,15-16H,7,14H2,1-2H3. The molecule has 0 fully saturated rings. The van der Waals surface area contributed by atoms with Crippen molar-refractivity contribution in [1.82, 2.24) is 10.6 Å². The number of nitrogens with two attached hydrogens (primary N) is 1. The van der Waals surface area contributed by atoms with Gasteiger partial charge >= 0.3 is 0 Å². The molecule has 92 valence electrons. The van der Waals surface area contributed by atoms with Gasteiger partial charge in [0, 0.05) is 18.8 Å². The van der Waals surface area contributed by atoms with Gasteiger partial charge in [0.25, 0.3) is 0 Å². The number of fused-ring (bicyclic) bond motifs is 1. The van der Waals surface area contributed by atoms with Gasteiger partial charge in [0.2, 0.25) is 0 Å². The first-order valence-corrected chi connectivity index (χ1v) is 6.06. The van der Waals surface area contributed by atoms with Crippen LogP contribution >= 0.6 is 0 Å². The average Bonchev–Trinajstić information content (AvgIpc) is 2.35. The van der Waals surface area contributed by atoms with Crippen molar-refractivity contribution in [2.45, 2.75) is 25.9 Å². The molecule has 0 bridgehead atoms. The number of nitrogens with one attached hydrogen (secondary N) is 2. The van der Waals surface area contributed by atoms with E-state index in [9.17, 15) is 0 Å². The summed E-state index contributed by atoms with van der Waals surface area (Å²) in [5.74, 6) is 1.32. The third kappa shape index (κ3) is 2.97. The number of allylic oxidation sites excluding steroid dienone is 2. The fraction of sp³-hybridized carbons (Fsp3) is 0.462. The summed E-state index contributed by atoms with van der Waals surface area (Å²) in [5, 5.41) is 6.55. The maximum atomic E-state index is 5.98. The summed E-state index contributed by atoms with van der Waals surface area (Å²) in [7, 11) is 0. The molecule has 2 atom stereocenters. The van der Waals surface area contributed by atoms with Gasteiger partial charge in [-0.05, 0) is 12.0 Å². The minimum absolute atomic E-state index is 0.149. The van der Waals surface area contributed by atoms with Crippen molar-refractivity contribution in [2.24, 2.45) is 16.6 Å². The van der Waals surface area contributed by atoms with E-state index >= 15 is 0 Å². The third-order valence-corrected chi connectivity index (χ3v) is 3.02. The van der Waals surface area contributed by atoms with Crippen LogP contribution in [0.4, 0.5) is 0 Å². The molecule has 1 aliphatic heterocycles. The molecule has 0 radical (unpaired) electrons. The Hall–Kier alpha value is -1.55. The van der Waals surface area contributed by atoms with Gasteiger partial charge in [-0.1, -0.05) is 32.1 Å². The molecule has 0 amide bonds. The van der Waals surface area contributed by atoms with E-state index in [4.69, 9.17) is 5.73 Å². The zero-order valence-corrected chi connectivity index (χ0v) is 10.4. The molecule has 4 nitrogen and oxygen atoms in total. The van der Waals surface area contributed by atoms with E-state index in [-0.39, 0.29) is 12.1 Å². The molecule has 4 N–H and O–H groups in total. The molecular formula is C13H20N4. The molecule has 1 aliphatic carbocycles. The van der Waals surface area contributed by atoms with Gasteiger partial charge in [0.1, 0.15) is 5.82 Å². The Morgan fingerprint density at radius 3 is 3.06 bits per heavy atom. The number of aliphatic imine (C=N–C) groups is 1. The van der Waals surface area contributed by atoms with Crippen LogP contribution in [0, 0.1) is 5.92 Å². The van der Waals surface area contributed by atoms with Crippen LogP contribution in [0.2, 0.25) is 0 Å². The van der Waals surface area contributed by atoms with Crippen LogP contribution in [-0.4, -0.2) is 24.3 Å². The van der Waals surface area contributed by atoms with E-state index in [0.29, 0.717) is 5.92 Å². The smallest absolute Gasteiger partial charge is 0.142 e. The lowest BCUT2D eigenvalue weighted by atomic mass is 10.1. The van der Waals surface area contributed by atoms with E-state index in [2.05, 4.69) is 35.5 Å². The van der Waals surface area contributed by atoms with Crippen LogP contribution < -0.4 is 16.4 Å². The Bertz CT molecular complexity index is 390. The molecule has 0 aromatic heterocycles. The predicted molar refractivity (Wildman–Crippen MR) is 71.5 cm³/mol. The van der Waals surface area contributed by atoms with E-state index in [1.165, 1.54) is 0 Å². The number of hydrogen-bond donors (Lipinski definition) is 3. The Kier molecular flexibility index (Phi) is 3.64. The second kappa shape index (κ2) is 5.19. The SMILES string of the molecule is CC(C)C(N)CNC1=CNC2C=CC=CC2=N1. The van der Waals surface area contributed by atoms with Crippen LogP contribution in [0.15, 0.2) is 41.3 Å². The number of hydrogen-bond acceptors (Lipinski definition) is 4. The highest BCUT2D eigenvalue weighted by Gasteiger charge is 2.16. The van der Waals surface area contributed by atoms with Crippen molar-refractivity contribution < 1.29 is 0 Å². The van der Waals surface area contributed by atoms with Gasteiger partial charge in [0.15, 0.2) is 0 Å². The zero-order chi connectivity index (χ0) is 12.3. The van der Waals surface area contributed by atoms with Crippen molar-refractivity contribution in [2.75, 3.05) is 6.54 Å². The Morgan fingerprint density at radius 2 is 2.29 bits per heavy atom. The topological polar surface area (TPSA) is 62.4 Å². The van der Waals surface area contributed by atoms with Gasteiger partial charge in [-0.2, -0.15) is 0 Å². The van der Waals surface area contributed by atoms with E-state index in [1.807, 2.05) is 24.4 Å². The zero-order valence-electron chi connectivity index (χ0n) is 10.4. The number of rotatable bonds is 4. The highest BCUT2D eigenvalue weighted by molar-refractivity contribution is 6.03. The summed E-state index contributed by atoms with van der Waals surface area (Å²) in [5.41, 5.74) is 7.02. The Balaban J connectivity index is 1.92. The van der Waals surface area contributed by atoms with Crippen LogP contribution in [0.25, 0.3) is 0 Å². The van der Waals surface area contributed by atoms with Crippen molar-refractivity contribution in [3.8, 4) is 0 Å². The fourth-order valence-corrected chi connectivity index (χ4v) is 1.67. The lowest BCUT2D eigenvalue weighted by Crippen LogP contribution is -2.40. The maximum absolute atomic E-state index is 5.98. The molecule has 0 aromatic rings. The fourth-order valence-electron chi connectivity index (χ4n) is 1.67. The molecule has 17 heavy (non-hydrogen) atoms. The second-order valence-corrected chi connectivity index (χ2v) is 4.74. The van der Waals surface area contributed by atoms with Crippen molar-refractivity contribution >= 4 is 5.71 Å². The van der Waals surface area contributed by atoms with Gasteiger partial charge in [-0.25, -0.2) is 4.99 Å². The molecule has 4 heteroatoms. The normalized spacial score (nSPS) is 23.6. The number of nitrogens with zero attached hydrogens (tertiary/aromatic N) is 1. The second-order valence-electron chi connectivity index (χ2n) is 4.74. The Labute approximate surface area is 102 Å². The first-order valence-electron chi connectivity index (χ1n) is 6.06. The molecule has 1 heterocycles. The summed E-state index contributed by atoms with van der Waals surface area (Å²) in [4.78, 5) is 4.55. The van der Waals surface area contributed by atoms with Gasteiger partial charge in [-0.3, -0.25) is 0 Å². The first-order chi connectivity index (χ1) is 8.16. The lowest BCUT2D eigenvalue weighted by molar-refractivity contribution is 0.473. The van der Waals surface area contributed by atoms with Crippen molar-refractivity contribution in [3.05, 3.63) is 36.3 Å². The minimum atomic E-state index is 0.149. The molecule has 0 aromatic carbocycles. The third-order valence-electron chi connectivity index (χ3n) is 3.02. The molecule has 2 rings (SSSR count). The monoisotopic (exact) mass is 232 g/mol. The summed E-state index contributed by atoms with van der Waals surface area (Å²) < 4.78 is 0. The van der Waals surface area contributed by atoms with Crippen molar-refractivity contribution in [1.29, 1.82) is 0 Å². The minimum Gasteiger partial charge on any atom is -0.376 e. The van der Waals surface area contributed by atoms with E-state index in [1.54, 1.807) is 0 Å². The van der Waals surface area contributed by atoms with Gasteiger partial charge in [0.05, 0.1) is 11.8 Å². The lowest BCUT2D eigenvalue weighted by Gasteiger charge is -2.23. The highest BCUT2D eigenvalue weighted by atomic mass is 15.1. The van der Waals surface area contributed by atoms with Crippen LogP contribution in [0.5, 0.6) is 0 Å².